The number of carbonyl (C=O) groups is 1. The molecule has 21 heavy (non-hydrogen) atoms. The maximum Gasteiger partial charge on any atom is 0.229 e. The summed E-state index contributed by atoms with van der Waals surface area (Å²) in [5.41, 5.74) is 2.90. The van der Waals surface area contributed by atoms with E-state index in [1.807, 2.05) is 24.1 Å². The van der Waals surface area contributed by atoms with E-state index in [0.717, 1.165) is 24.2 Å². The lowest BCUT2D eigenvalue weighted by Gasteiger charge is -2.20. The van der Waals surface area contributed by atoms with E-state index < -0.39 is 0 Å². The van der Waals surface area contributed by atoms with Gasteiger partial charge in [0, 0.05) is 25.4 Å². The van der Waals surface area contributed by atoms with Crippen LogP contribution in [0.5, 0.6) is 0 Å². The van der Waals surface area contributed by atoms with Crippen LogP contribution in [0.3, 0.4) is 0 Å². The van der Waals surface area contributed by atoms with E-state index in [-0.39, 0.29) is 5.78 Å². The van der Waals surface area contributed by atoms with Crippen molar-refractivity contribution < 1.29 is 4.79 Å². The maximum atomic E-state index is 11.8. The van der Waals surface area contributed by atoms with E-state index in [1.54, 1.807) is 18.3 Å². The zero-order valence-electron chi connectivity index (χ0n) is 11.7. The summed E-state index contributed by atoms with van der Waals surface area (Å²) in [6.45, 7) is 0. The first kappa shape index (κ1) is 13.3. The Morgan fingerprint density at radius 1 is 1.33 bits per heavy atom. The quantitative estimate of drug-likeness (QED) is 0.844. The lowest BCUT2D eigenvalue weighted by atomic mass is 9.96. The number of aryl methyl sites for hydroxylation is 1. The summed E-state index contributed by atoms with van der Waals surface area (Å²) < 4.78 is 0. The van der Waals surface area contributed by atoms with Crippen LogP contribution in [0, 0.1) is 11.3 Å². The monoisotopic (exact) mass is 278 g/mol. The van der Waals surface area contributed by atoms with Gasteiger partial charge in [-0.15, -0.1) is 0 Å². The van der Waals surface area contributed by atoms with E-state index in [1.165, 1.54) is 0 Å². The lowest BCUT2D eigenvalue weighted by molar-refractivity contribution is 0.0971. The summed E-state index contributed by atoms with van der Waals surface area (Å²) in [7, 11) is 1.85. The number of fused-ring (bicyclic) bond motifs is 1. The van der Waals surface area contributed by atoms with Crippen molar-refractivity contribution in [3.05, 3.63) is 47.3 Å². The van der Waals surface area contributed by atoms with Crippen LogP contribution in [-0.2, 0) is 6.42 Å². The third-order valence-electron chi connectivity index (χ3n) is 3.64. The van der Waals surface area contributed by atoms with E-state index >= 15 is 0 Å². The van der Waals surface area contributed by atoms with Gasteiger partial charge in [-0.05, 0) is 31.0 Å². The molecular weight excluding hydrogens is 264 g/mol. The van der Waals surface area contributed by atoms with Crippen molar-refractivity contribution in [3.8, 4) is 6.07 Å². The largest absolute Gasteiger partial charge is 0.314 e. The average molecular weight is 278 g/mol. The molecule has 0 spiro atoms. The number of aromatic nitrogens is 2. The van der Waals surface area contributed by atoms with Gasteiger partial charge >= 0.3 is 0 Å². The molecule has 1 aromatic carbocycles. The molecule has 0 fully saturated rings. The number of nitrogens with zero attached hydrogens (tertiary/aromatic N) is 4. The van der Waals surface area contributed by atoms with Gasteiger partial charge in [-0.1, -0.05) is 6.07 Å². The zero-order chi connectivity index (χ0) is 14.8. The second kappa shape index (κ2) is 5.33. The molecule has 1 aromatic heterocycles. The second-order valence-electron chi connectivity index (χ2n) is 5.03. The number of hydrogen-bond acceptors (Lipinski definition) is 5. The minimum atomic E-state index is 0.122. The Kier molecular flexibility index (Phi) is 3.36. The van der Waals surface area contributed by atoms with Crippen LogP contribution in [0.2, 0.25) is 0 Å². The maximum absolute atomic E-state index is 11.8. The molecule has 0 bridgehead atoms. The molecule has 0 unspecified atom stereocenters. The van der Waals surface area contributed by atoms with Crippen molar-refractivity contribution in [2.24, 2.45) is 0 Å². The molecular formula is C16H14N4O. The predicted octanol–water partition coefficient (Wildman–Crippen LogP) is 2.64. The normalized spacial score (nSPS) is 13.4. The van der Waals surface area contributed by atoms with Gasteiger partial charge in [0.25, 0.3) is 0 Å². The van der Waals surface area contributed by atoms with Gasteiger partial charge in [-0.2, -0.15) is 5.26 Å². The molecule has 2 aromatic rings. The number of rotatable bonds is 2. The summed E-state index contributed by atoms with van der Waals surface area (Å²) >= 11 is 0. The van der Waals surface area contributed by atoms with E-state index in [9.17, 15) is 4.79 Å². The Hall–Kier alpha value is -2.74. The average Bonchev–Trinajstić information content (AvgIpc) is 2.54. The molecule has 0 aliphatic heterocycles. The molecule has 0 saturated heterocycles. The van der Waals surface area contributed by atoms with Crippen LogP contribution in [0.4, 0.5) is 11.6 Å². The van der Waals surface area contributed by atoms with E-state index in [0.29, 0.717) is 23.5 Å². The molecule has 1 aliphatic rings. The Bertz CT molecular complexity index is 748. The van der Waals surface area contributed by atoms with Crippen LogP contribution in [0.1, 0.15) is 34.5 Å². The summed E-state index contributed by atoms with van der Waals surface area (Å²) in [6, 6.07) is 9.38. The molecule has 0 saturated carbocycles. The molecule has 0 amide bonds. The van der Waals surface area contributed by atoms with Gasteiger partial charge in [-0.25, -0.2) is 9.97 Å². The molecule has 3 rings (SSSR count). The highest BCUT2D eigenvalue weighted by Gasteiger charge is 2.20. The number of nitriles is 1. The van der Waals surface area contributed by atoms with Crippen LogP contribution in [-0.4, -0.2) is 22.8 Å². The lowest BCUT2D eigenvalue weighted by Crippen LogP contribution is -2.18. The first-order valence-electron chi connectivity index (χ1n) is 6.82. The van der Waals surface area contributed by atoms with Gasteiger partial charge in [0.2, 0.25) is 5.95 Å². The van der Waals surface area contributed by atoms with E-state index in [2.05, 4.69) is 16.0 Å². The van der Waals surface area contributed by atoms with Crippen LogP contribution in [0.25, 0.3) is 0 Å². The van der Waals surface area contributed by atoms with Gasteiger partial charge in [0.1, 0.15) is 0 Å². The molecule has 0 atom stereocenters. The SMILES string of the molecule is CN(c1cccc(C#N)c1)c1ncc2c(n1)CCCC2=O. The predicted molar refractivity (Wildman–Crippen MR) is 78.5 cm³/mol. The summed E-state index contributed by atoms with van der Waals surface area (Å²) in [5.74, 6) is 0.662. The van der Waals surface area contributed by atoms with Gasteiger partial charge in [0.05, 0.1) is 22.9 Å². The fraction of sp³-hybridized carbons (Fsp3) is 0.250. The number of carbonyl (C=O) groups excluding carboxylic acids is 1. The first-order valence-corrected chi connectivity index (χ1v) is 6.82. The topological polar surface area (TPSA) is 69.9 Å². The third kappa shape index (κ3) is 2.48. The third-order valence-corrected chi connectivity index (χ3v) is 3.64. The van der Waals surface area contributed by atoms with Crippen LogP contribution in [0.15, 0.2) is 30.5 Å². The van der Waals surface area contributed by atoms with Crippen LogP contribution >= 0.6 is 0 Å². The molecule has 0 radical (unpaired) electrons. The minimum absolute atomic E-state index is 0.122. The van der Waals surface area contributed by atoms with Crippen molar-refractivity contribution in [1.82, 2.24) is 9.97 Å². The Labute approximate surface area is 122 Å². The summed E-state index contributed by atoms with van der Waals surface area (Å²) in [6.07, 6.45) is 3.85. The Morgan fingerprint density at radius 2 is 2.19 bits per heavy atom. The van der Waals surface area contributed by atoms with Crippen molar-refractivity contribution in [2.45, 2.75) is 19.3 Å². The van der Waals surface area contributed by atoms with E-state index in [4.69, 9.17) is 5.26 Å². The second-order valence-corrected chi connectivity index (χ2v) is 5.03. The zero-order valence-corrected chi connectivity index (χ0v) is 11.7. The van der Waals surface area contributed by atoms with Crippen molar-refractivity contribution in [2.75, 3.05) is 11.9 Å². The molecule has 1 aliphatic carbocycles. The summed E-state index contributed by atoms with van der Waals surface area (Å²) in [4.78, 5) is 22.4. The highest BCUT2D eigenvalue weighted by atomic mass is 16.1. The van der Waals surface area contributed by atoms with Crippen LogP contribution < -0.4 is 4.90 Å². The number of benzene rings is 1. The van der Waals surface area contributed by atoms with Gasteiger partial charge in [0.15, 0.2) is 5.78 Å². The molecule has 1 heterocycles. The number of ketones is 1. The van der Waals surface area contributed by atoms with Crippen molar-refractivity contribution >= 4 is 17.4 Å². The fourth-order valence-corrected chi connectivity index (χ4v) is 2.44. The number of Topliss-reactive ketones (excluding diaryl/α,β-unsaturated/α-hetero) is 1. The number of anilines is 2. The smallest absolute Gasteiger partial charge is 0.229 e. The number of hydrogen-bond donors (Lipinski definition) is 0. The first-order chi connectivity index (χ1) is 10.2. The molecule has 104 valence electrons. The van der Waals surface area contributed by atoms with Gasteiger partial charge in [-0.3, -0.25) is 4.79 Å². The molecule has 5 heteroatoms. The Morgan fingerprint density at radius 3 is 3.00 bits per heavy atom. The summed E-state index contributed by atoms with van der Waals surface area (Å²) in [5, 5.41) is 8.96. The van der Waals surface area contributed by atoms with Crippen molar-refractivity contribution in [1.29, 1.82) is 5.26 Å². The van der Waals surface area contributed by atoms with Crippen molar-refractivity contribution in [3.63, 3.8) is 0 Å². The standard InChI is InChI=1S/C16H14N4O/c1-20(12-5-2-4-11(8-12)9-17)16-18-10-13-14(19-16)6-3-7-15(13)21/h2,4-5,8,10H,3,6-7H2,1H3. The molecule has 0 N–H and O–H groups in total. The highest BCUT2D eigenvalue weighted by Crippen LogP contribution is 2.24. The molecule has 5 nitrogen and oxygen atoms in total. The highest BCUT2D eigenvalue weighted by molar-refractivity contribution is 5.97. The fourth-order valence-electron chi connectivity index (χ4n) is 2.44. The minimum Gasteiger partial charge on any atom is -0.314 e. The van der Waals surface area contributed by atoms with Gasteiger partial charge < -0.3 is 4.90 Å². The Balaban J connectivity index is 1.96.